The van der Waals surface area contributed by atoms with Gasteiger partial charge < -0.3 is 4.74 Å². The number of piperidine rings is 1. The van der Waals surface area contributed by atoms with E-state index in [4.69, 9.17) is 4.74 Å². The Labute approximate surface area is 129 Å². The third-order valence-corrected chi connectivity index (χ3v) is 8.85. The third-order valence-electron chi connectivity index (χ3n) is 3.44. The van der Waals surface area contributed by atoms with Gasteiger partial charge in [-0.3, -0.25) is 0 Å². The fourth-order valence-electron chi connectivity index (χ4n) is 2.42. The highest BCUT2D eigenvalue weighted by atomic mass is 79.9. The molecular formula is C11H14BrNO3S3. The average molecular weight is 384 g/mol. The summed E-state index contributed by atoms with van der Waals surface area (Å²) in [6, 6.07) is 3.44. The molecule has 3 heterocycles. The van der Waals surface area contributed by atoms with Crippen LogP contribution < -0.4 is 0 Å². The number of nitrogens with zero attached hydrogens (tertiary/aromatic N) is 1. The number of sulfonamides is 1. The Balaban J connectivity index is 1.74. The zero-order valence-corrected chi connectivity index (χ0v) is 14.2. The van der Waals surface area contributed by atoms with Crippen LogP contribution in [0.5, 0.6) is 0 Å². The van der Waals surface area contributed by atoms with Crippen LogP contribution in [0, 0.1) is 0 Å². The van der Waals surface area contributed by atoms with Gasteiger partial charge in [-0.2, -0.15) is 4.31 Å². The molecule has 4 nitrogen and oxygen atoms in total. The molecule has 1 aromatic rings. The summed E-state index contributed by atoms with van der Waals surface area (Å²) in [4.78, 5) is -0.123. The Bertz CT molecular complexity index is 555. The van der Waals surface area contributed by atoms with E-state index < -0.39 is 10.0 Å². The molecule has 2 aliphatic rings. The van der Waals surface area contributed by atoms with E-state index in [9.17, 15) is 8.42 Å². The molecule has 19 heavy (non-hydrogen) atoms. The zero-order chi connectivity index (χ0) is 13.5. The lowest BCUT2D eigenvalue weighted by Crippen LogP contribution is -2.44. The molecule has 0 atom stereocenters. The predicted octanol–water partition coefficient (Wildman–Crippen LogP) is 2.75. The lowest BCUT2D eigenvalue weighted by Gasteiger charge is -2.36. The molecule has 0 unspecified atom stereocenters. The van der Waals surface area contributed by atoms with E-state index in [-0.39, 0.29) is 4.93 Å². The minimum atomic E-state index is -3.33. The van der Waals surface area contributed by atoms with Crippen LogP contribution in [0.1, 0.15) is 12.8 Å². The van der Waals surface area contributed by atoms with Gasteiger partial charge in [-0.25, -0.2) is 8.42 Å². The van der Waals surface area contributed by atoms with Gasteiger partial charge >= 0.3 is 0 Å². The number of hydrogen-bond acceptors (Lipinski definition) is 5. The molecule has 0 bridgehead atoms. The van der Waals surface area contributed by atoms with E-state index in [2.05, 4.69) is 15.9 Å². The highest BCUT2D eigenvalue weighted by molar-refractivity contribution is 9.11. The van der Waals surface area contributed by atoms with Crippen molar-refractivity contribution in [1.29, 1.82) is 0 Å². The fourth-order valence-corrected chi connectivity index (χ4v) is 7.20. The van der Waals surface area contributed by atoms with Gasteiger partial charge in [0.25, 0.3) is 10.0 Å². The number of halogens is 1. The Morgan fingerprint density at radius 3 is 2.58 bits per heavy atom. The second-order valence-corrected chi connectivity index (χ2v) is 10.6. The second-order valence-electron chi connectivity index (χ2n) is 4.57. The molecule has 0 amide bonds. The fraction of sp³-hybridized carbons (Fsp3) is 0.636. The van der Waals surface area contributed by atoms with Crippen molar-refractivity contribution in [2.75, 3.05) is 25.4 Å². The van der Waals surface area contributed by atoms with Gasteiger partial charge in [0.2, 0.25) is 0 Å². The summed E-state index contributed by atoms with van der Waals surface area (Å²) in [5, 5.41) is 0. The molecule has 2 aliphatic heterocycles. The number of thiophene rings is 1. The van der Waals surface area contributed by atoms with Gasteiger partial charge in [0.1, 0.15) is 9.14 Å². The van der Waals surface area contributed by atoms with Gasteiger partial charge in [0.05, 0.1) is 10.4 Å². The number of rotatable bonds is 2. The van der Waals surface area contributed by atoms with Crippen LogP contribution in [0.3, 0.4) is 0 Å². The molecule has 3 rings (SSSR count). The minimum Gasteiger partial charge on any atom is -0.363 e. The third kappa shape index (κ3) is 2.75. The van der Waals surface area contributed by atoms with Crippen LogP contribution in [0.25, 0.3) is 0 Å². The first-order valence-electron chi connectivity index (χ1n) is 6.05. The van der Waals surface area contributed by atoms with Crippen molar-refractivity contribution in [3.63, 3.8) is 0 Å². The molecule has 2 saturated heterocycles. The SMILES string of the molecule is O=S(=O)(c1ccc(Br)s1)N1CCC2(CC1)OCCS2. The Hall–Kier alpha value is 0.400. The zero-order valence-electron chi connectivity index (χ0n) is 10.2. The summed E-state index contributed by atoms with van der Waals surface area (Å²) in [5.74, 6) is 1.02. The first kappa shape index (κ1) is 14.3. The number of thioether (sulfide) groups is 1. The molecule has 0 saturated carbocycles. The quantitative estimate of drug-likeness (QED) is 0.787. The van der Waals surface area contributed by atoms with Crippen molar-refractivity contribution < 1.29 is 13.2 Å². The molecule has 1 aromatic heterocycles. The lowest BCUT2D eigenvalue weighted by atomic mass is 10.1. The summed E-state index contributed by atoms with van der Waals surface area (Å²) in [5.41, 5.74) is 0. The van der Waals surface area contributed by atoms with Gasteiger partial charge in [-0.1, -0.05) is 0 Å². The molecule has 0 radical (unpaired) electrons. The predicted molar refractivity (Wildman–Crippen MR) is 81.2 cm³/mol. The summed E-state index contributed by atoms with van der Waals surface area (Å²) in [6.45, 7) is 1.88. The maximum absolute atomic E-state index is 12.5. The molecule has 0 aromatic carbocycles. The van der Waals surface area contributed by atoms with E-state index in [1.54, 1.807) is 16.4 Å². The average Bonchev–Trinajstić information content (AvgIpc) is 3.00. The molecule has 0 N–H and O–H groups in total. The van der Waals surface area contributed by atoms with E-state index in [0.717, 1.165) is 29.0 Å². The molecule has 106 valence electrons. The molecule has 0 aliphatic carbocycles. The topological polar surface area (TPSA) is 46.6 Å². The smallest absolute Gasteiger partial charge is 0.252 e. The van der Waals surface area contributed by atoms with Crippen LogP contribution in [0.4, 0.5) is 0 Å². The standard InChI is InChI=1S/C11H14BrNO3S3/c12-9-1-2-10(18-9)19(14,15)13-5-3-11(4-6-13)16-7-8-17-11/h1-2H,3-8H2. The highest BCUT2D eigenvalue weighted by Gasteiger charge is 2.42. The summed E-state index contributed by atoms with van der Waals surface area (Å²) in [6.07, 6.45) is 1.56. The first-order valence-corrected chi connectivity index (χ1v) is 10.1. The molecule has 2 fully saturated rings. The van der Waals surface area contributed by atoms with E-state index in [0.29, 0.717) is 17.3 Å². The van der Waals surface area contributed by atoms with Crippen LogP contribution in [-0.4, -0.2) is 43.1 Å². The summed E-state index contributed by atoms with van der Waals surface area (Å²) < 4.78 is 33.6. The van der Waals surface area contributed by atoms with Crippen molar-refractivity contribution in [3.05, 3.63) is 15.9 Å². The van der Waals surface area contributed by atoms with E-state index in [1.165, 1.54) is 11.3 Å². The van der Waals surface area contributed by atoms with Gasteiger partial charge in [-0.05, 0) is 40.9 Å². The maximum atomic E-state index is 12.5. The van der Waals surface area contributed by atoms with Crippen LogP contribution in [-0.2, 0) is 14.8 Å². The van der Waals surface area contributed by atoms with Crippen LogP contribution >= 0.6 is 39.0 Å². The van der Waals surface area contributed by atoms with E-state index in [1.807, 2.05) is 11.8 Å². The van der Waals surface area contributed by atoms with Gasteiger partial charge in [0, 0.05) is 18.8 Å². The maximum Gasteiger partial charge on any atom is 0.252 e. The van der Waals surface area contributed by atoms with E-state index >= 15 is 0 Å². The summed E-state index contributed by atoms with van der Waals surface area (Å²) >= 11 is 6.40. The minimum absolute atomic E-state index is 0.123. The van der Waals surface area contributed by atoms with Gasteiger partial charge in [0.15, 0.2) is 0 Å². The molecule has 1 spiro atoms. The van der Waals surface area contributed by atoms with Crippen molar-refractivity contribution in [2.45, 2.75) is 22.0 Å². The monoisotopic (exact) mass is 383 g/mol. The highest BCUT2D eigenvalue weighted by Crippen LogP contribution is 2.42. The first-order chi connectivity index (χ1) is 9.02. The Morgan fingerprint density at radius 2 is 2.05 bits per heavy atom. The normalized spacial score (nSPS) is 24.1. The van der Waals surface area contributed by atoms with Crippen molar-refractivity contribution in [2.24, 2.45) is 0 Å². The Kier molecular flexibility index (Phi) is 4.01. The second kappa shape index (κ2) is 5.31. The van der Waals surface area contributed by atoms with Crippen LogP contribution in [0.2, 0.25) is 0 Å². The number of ether oxygens (including phenoxy) is 1. The van der Waals surface area contributed by atoms with Crippen LogP contribution in [0.15, 0.2) is 20.1 Å². The molecular weight excluding hydrogens is 370 g/mol. The lowest BCUT2D eigenvalue weighted by molar-refractivity contribution is 0.0162. The largest absolute Gasteiger partial charge is 0.363 e. The van der Waals surface area contributed by atoms with Crippen molar-refractivity contribution in [1.82, 2.24) is 4.31 Å². The molecule has 8 heteroatoms. The summed E-state index contributed by atoms with van der Waals surface area (Å²) in [7, 11) is -3.33. The van der Waals surface area contributed by atoms with Crippen molar-refractivity contribution >= 4 is 49.1 Å². The van der Waals surface area contributed by atoms with Crippen molar-refractivity contribution in [3.8, 4) is 0 Å². The van der Waals surface area contributed by atoms with Gasteiger partial charge in [-0.15, -0.1) is 23.1 Å². The number of hydrogen-bond donors (Lipinski definition) is 0. The Morgan fingerprint density at radius 1 is 1.32 bits per heavy atom.